The van der Waals surface area contributed by atoms with Gasteiger partial charge >= 0.3 is 0 Å². The smallest absolute Gasteiger partial charge is 0.273 e. The zero-order chi connectivity index (χ0) is 15.5. The van der Waals surface area contributed by atoms with Gasteiger partial charge in [0.05, 0.1) is 12.2 Å². The predicted octanol–water partition coefficient (Wildman–Crippen LogP) is 3.22. The Morgan fingerprint density at radius 3 is 2.73 bits per heavy atom. The van der Waals surface area contributed by atoms with E-state index < -0.39 is 0 Å². The third kappa shape index (κ3) is 3.01. The van der Waals surface area contributed by atoms with E-state index in [1.54, 1.807) is 12.1 Å². The highest BCUT2D eigenvalue weighted by Crippen LogP contribution is 2.25. The van der Waals surface area contributed by atoms with Crippen molar-refractivity contribution >= 4 is 17.5 Å². The minimum atomic E-state index is -0.349. The lowest BCUT2D eigenvalue weighted by atomic mass is 10.1. The Balaban J connectivity index is 1.72. The molecular formula is C15H12ClN3O3. The predicted molar refractivity (Wildman–Crippen MR) is 79.4 cm³/mol. The van der Waals surface area contributed by atoms with Crippen LogP contribution in [0.3, 0.4) is 0 Å². The molecule has 22 heavy (non-hydrogen) atoms. The minimum Gasteiger partial charge on any atom is -0.438 e. The van der Waals surface area contributed by atoms with E-state index in [1.165, 1.54) is 12.3 Å². The van der Waals surface area contributed by atoms with Gasteiger partial charge in [0.15, 0.2) is 11.5 Å². The maximum Gasteiger partial charge on any atom is 0.273 e. The van der Waals surface area contributed by atoms with Crippen molar-refractivity contribution in [3.63, 3.8) is 0 Å². The fourth-order valence-corrected chi connectivity index (χ4v) is 2.10. The van der Waals surface area contributed by atoms with Gasteiger partial charge in [0.2, 0.25) is 5.89 Å². The number of hydrogen-bond acceptors (Lipinski definition) is 5. The monoisotopic (exact) mass is 317 g/mol. The van der Waals surface area contributed by atoms with Crippen molar-refractivity contribution in [2.75, 3.05) is 0 Å². The number of nitrogens with zero attached hydrogens (tertiary/aromatic N) is 2. The number of carbonyl (C=O) groups excluding carboxylic acids is 1. The Labute approximate surface area is 131 Å². The van der Waals surface area contributed by atoms with Crippen LogP contribution in [0.4, 0.5) is 0 Å². The van der Waals surface area contributed by atoms with Crippen LogP contribution < -0.4 is 5.32 Å². The number of halogens is 1. The Hall–Kier alpha value is -2.60. The van der Waals surface area contributed by atoms with Crippen molar-refractivity contribution in [3.05, 3.63) is 58.9 Å². The summed E-state index contributed by atoms with van der Waals surface area (Å²) >= 11 is 5.87. The number of hydrogen-bond donors (Lipinski definition) is 1. The molecule has 0 aliphatic carbocycles. The number of oxazole rings is 1. The van der Waals surface area contributed by atoms with E-state index in [4.69, 9.17) is 16.0 Å². The fourth-order valence-electron chi connectivity index (χ4n) is 1.97. The molecule has 0 unspecified atom stereocenters. The molecule has 0 atom stereocenters. The molecule has 0 saturated carbocycles. The van der Waals surface area contributed by atoms with Crippen LogP contribution in [0.2, 0.25) is 5.02 Å². The van der Waals surface area contributed by atoms with Crippen molar-refractivity contribution in [2.24, 2.45) is 0 Å². The second kappa shape index (κ2) is 6.03. The lowest BCUT2D eigenvalue weighted by Crippen LogP contribution is -2.23. The maximum atomic E-state index is 11.8. The van der Waals surface area contributed by atoms with Gasteiger partial charge < -0.3 is 14.3 Å². The van der Waals surface area contributed by atoms with Gasteiger partial charge in [0.25, 0.3) is 5.91 Å². The molecule has 0 aliphatic rings. The van der Waals surface area contributed by atoms with Crippen molar-refractivity contribution in [2.45, 2.75) is 13.5 Å². The highest BCUT2D eigenvalue weighted by Gasteiger charge is 2.14. The summed E-state index contributed by atoms with van der Waals surface area (Å²) in [4.78, 5) is 16.1. The molecule has 1 N–H and O–H groups in total. The first kappa shape index (κ1) is 14.3. The van der Waals surface area contributed by atoms with Gasteiger partial charge in [0.1, 0.15) is 6.26 Å². The number of benzene rings is 1. The van der Waals surface area contributed by atoms with Crippen molar-refractivity contribution in [3.8, 4) is 11.3 Å². The minimum absolute atomic E-state index is 0.167. The Morgan fingerprint density at radius 1 is 1.27 bits per heavy atom. The summed E-state index contributed by atoms with van der Waals surface area (Å²) in [6, 6.07) is 8.76. The molecule has 112 valence electrons. The van der Waals surface area contributed by atoms with E-state index in [2.05, 4.69) is 20.0 Å². The SMILES string of the molecule is Cc1nc(CNC(=O)c2ccon2)oc1-c1ccc(Cl)cc1. The summed E-state index contributed by atoms with van der Waals surface area (Å²) in [7, 11) is 0. The zero-order valence-corrected chi connectivity index (χ0v) is 12.4. The summed E-state index contributed by atoms with van der Waals surface area (Å²) in [6.07, 6.45) is 1.34. The van der Waals surface area contributed by atoms with Gasteiger partial charge in [0, 0.05) is 16.7 Å². The van der Waals surface area contributed by atoms with E-state index in [0.29, 0.717) is 16.7 Å². The van der Waals surface area contributed by atoms with Crippen molar-refractivity contribution in [1.29, 1.82) is 0 Å². The van der Waals surface area contributed by atoms with Crippen LogP contribution in [-0.2, 0) is 6.54 Å². The van der Waals surface area contributed by atoms with Crippen LogP contribution in [0, 0.1) is 6.92 Å². The first-order valence-electron chi connectivity index (χ1n) is 6.54. The van der Waals surface area contributed by atoms with Crippen LogP contribution in [0.15, 0.2) is 45.5 Å². The number of nitrogens with one attached hydrogen (secondary N) is 1. The number of carbonyl (C=O) groups is 1. The maximum absolute atomic E-state index is 11.8. The van der Waals surface area contributed by atoms with Crippen molar-refractivity contribution in [1.82, 2.24) is 15.5 Å². The van der Waals surface area contributed by atoms with Crippen molar-refractivity contribution < 1.29 is 13.7 Å². The molecular weight excluding hydrogens is 306 g/mol. The average Bonchev–Trinajstić information content (AvgIpc) is 3.15. The average molecular weight is 318 g/mol. The van der Waals surface area contributed by atoms with Crippen LogP contribution in [0.25, 0.3) is 11.3 Å². The summed E-state index contributed by atoms with van der Waals surface area (Å²) in [5.74, 6) is 0.722. The first-order chi connectivity index (χ1) is 10.6. The standard InChI is InChI=1S/C15H12ClN3O3/c1-9-14(10-2-4-11(16)5-3-10)22-13(18-9)8-17-15(20)12-6-7-21-19-12/h2-7H,8H2,1H3,(H,17,20). The third-order valence-corrected chi connectivity index (χ3v) is 3.27. The number of rotatable bonds is 4. The van der Waals surface area contributed by atoms with Gasteiger partial charge in [-0.25, -0.2) is 4.98 Å². The summed E-state index contributed by atoms with van der Waals surface area (Å²) < 4.78 is 10.3. The normalized spacial score (nSPS) is 10.6. The van der Waals surface area contributed by atoms with Gasteiger partial charge in [-0.2, -0.15) is 0 Å². The topological polar surface area (TPSA) is 81.2 Å². The van der Waals surface area contributed by atoms with E-state index in [0.717, 1.165) is 11.3 Å². The summed E-state index contributed by atoms with van der Waals surface area (Å²) in [5.41, 5.74) is 1.83. The summed E-state index contributed by atoms with van der Waals surface area (Å²) in [5, 5.41) is 6.87. The first-order valence-corrected chi connectivity index (χ1v) is 6.92. The van der Waals surface area contributed by atoms with Crippen LogP contribution in [0.5, 0.6) is 0 Å². The Bertz CT molecular complexity index is 779. The van der Waals surface area contributed by atoms with Crippen LogP contribution in [-0.4, -0.2) is 16.0 Å². The molecule has 0 spiro atoms. The number of aryl methyl sites for hydroxylation is 1. The Morgan fingerprint density at radius 2 is 2.05 bits per heavy atom. The molecule has 0 aliphatic heterocycles. The molecule has 3 aromatic rings. The van der Waals surface area contributed by atoms with Gasteiger partial charge in [-0.3, -0.25) is 4.79 Å². The Kier molecular flexibility index (Phi) is 3.93. The largest absolute Gasteiger partial charge is 0.438 e. The molecule has 0 saturated heterocycles. The quantitative estimate of drug-likeness (QED) is 0.799. The molecule has 7 heteroatoms. The molecule has 0 fully saturated rings. The lowest BCUT2D eigenvalue weighted by Gasteiger charge is -1.99. The molecule has 1 aromatic carbocycles. The van der Waals surface area contributed by atoms with Gasteiger partial charge in [-0.15, -0.1) is 0 Å². The number of aromatic nitrogens is 2. The second-order valence-electron chi connectivity index (χ2n) is 4.60. The molecule has 2 aromatic heterocycles. The molecule has 6 nitrogen and oxygen atoms in total. The number of amides is 1. The van der Waals surface area contributed by atoms with E-state index in [1.807, 2.05) is 19.1 Å². The molecule has 0 bridgehead atoms. The fraction of sp³-hybridized carbons (Fsp3) is 0.133. The molecule has 2 heterocycles. The molecule has 1 amide bonds. The summed E-state index contributed by atoms with van der Waals surface area (Å²) in [6.45, 7) is 2.01. The third-order valence-electron chi connectivity index (χ3n) is 3.02. The van der Waals surface area contributed by atoms with Crippen LogP contribution in [0.1, 0.15) is 22.1 Å². The van der Waals surface area contributed by atoms with E-state index in [-0.39, 0.29) is 18.1 Å². The lowest BCUT2D eigenvalue weighted by molar-refractivity contribution is 0.0938. The highest BCUT2D eigenvalue weighted by atomic mass is 35.5. The van der Waals surface area contributed by atoms with Crippen LogP contribution >= 0.6 is 11.6 Å². The highest BCUT2D eigenvalue weighted by molar-refractivity contribution is 6.30. The van der Waals surface area contributed by atoms with E-state index in [9.17, 15) is 4.79 Å². The molecule has 0 radical (unpaired) electrons. The second-order valence-corrected chi connectivity index (χ2v) is 5.03. The van der Waals surface area contributed by atoms with Gasteiger partial charge in [-0.05, 0) is 31.2 Å². The van der Waals surface area contributed by atoms with E-state index >= 15 is 0 Å². The molecule has 3 rings (SSSR count). The van der Waals surface area contributed by atoms with Gasteiger partial charge in [-0.1, -0.05) is 16.8 Å². The zero-order valence-electron chi connectivity index (χ0n) is 11.7.